The van der Waals surface area contributed by atoms with E-state index < -0.39 is 0 Å². The molecule has 0 spiro atoms. The monoisotopic (exact) mass is 362 g/mol. The summed E-state index contributed by atoms with van der Waals surface area (Å²) in [7, 11) is 0. The van der Waals surface area contributed by atoms with Crippen LogP contribution >= 0.6 is 11.8 Å². The predicted octanol–water partition coefficient (Wildman–Crippen LogP) is 3.85. The summed E-state index contributed by atoms with van der Waals surface area (Å²) in [5, 5.41) is 14.4. The fraction of sp³-hybridized carbons (Fsp3) is 0.150. The van der Waals surface area contributed by atoms with Crippen molar-refractivity contribution in [1.29, 1.82) is 0 Å². The molecule has 1 atom stereocenters. The Kier molecular flexibility index (Phi) is 4.58. The van der Waals surface area contributed by atoms with Gasteiger partial charge in [0.2, 0.25) is 5.91 Å². The van der Waals surface area contributed by atoms with Crippen molar-refractivity contribution in [3.8, 4) is 0 Å². The zero-order chi connectivity index (χ0) is 17.9. The van der Waals surface area contributed by atoms with Gasteiger partial charge in [0.15, 0.2) is 10.8 Å². The highest BCUT2D eigenvalue weighted by Crippen LogP contribution is 2.24. The van der Waals surface area contributed by atoms with Crippen molar-refractivity contribution in [3.05, 3.63) is 72.4 Å². The molecule has 2 aromatic heterocycles. The lowest BCUT2D eigenvalue weighted by Crippen LogP contribution is -2.28. The van der Waals surface area contributed by atoms with E-state index in [0.29, 0.717) is 10.9 Å². The maximum atomic E-state index is 12.4. The van der Waals surface area contributed by atoms with Gasteiger partial charge in [0, 0.05) is 6.20 Å². The van der Waals surface area contributed by atoms with E-state index >= 15 is 0 Å². The maximum Gasteiger partial charge on any atom is 0.230 e. The Labute approximate surface area is 155 Å². The second-order valence-corrected chi connectivity index (χ2v) is 7.00. The molecule has 130 valence electrons. The number of benzene rings is 2. The van der Waals surface area contributed by atoms with Crippen LogP contribution in [0.1, 0.15) is 18.5 Å². The molecule has 0 saturated carbocycles. The topological polar surface area (TPSA) is 59.3 Å². The van der Waals surface area contributed by atoms with Crippen LogP contribution in [-0.4, -0.2) is 26.3 Å². The van der Waals surface area contributed by atoms with E-state index in [1.807, 2.05) is 53.9 Å². The summed E-state index contributed by atoms with van der Waals surface area (Å²) >= 11 is 1.38. The normalized spacial score (nSPS) is 12.3. The number of rotatable bonds is 5. The number of hydrogen-bond donors (Lipinski definition) is 1. The second kappa shape index (κ2) is 7.17. The van der Waals surface area contributed by atoms with Gasteiger partial charge in [-0.3, -0.25) is 9.20 Å². The lowest BCUT2D eigenvalue weighted by molar-refractivity contribution is -0.119. The number of carbonyl (C=O) groups excluding carboxylic acids is 1. The number of hydrogen-bond acceptors (Lipinski definition) is 4. The number of pyridine rings is 1. The van der Waals surface area contributed by atoms with Gasteiger partial charge in [0.05, 0.1) is 11.8 Å². The first-order valence-corrected chi connectivity index (χ1v) is 9.40. The van der Waals surface area contributed by atoms with E-state index in [-0.39, 0.29) is 11.9 Å². The molecular weight excluding hydrogens is 344 g/mol. The summed E-state index contributed by atoms with van der Waals surface area (Å²) in [6.45, 7) is 2.01. The summed E-state index contributed by atoms with van der Waals surface area (Å²) in [6, 6.07) is 20.0. The van der Waals surface area contributed by atoms with Crippen LogP contribution in [0.15, 0.2) is 72.0 Å². The molecule has 2 heterocycles. The van der Waals surface area contributed by atoms with Crippen molar-refractivity contribution in [2.75, 3.05) is 5.75 Å². The van der Waals surface area contributed by atoms with E-state index in [9.17, 15) is 4.79 Å². The molecule has 0 fully saturated rings. The lowest BCUT2D eigenvalue weighted by atomic mass is 10.00. The van der Waals surface area contributed by atoms with Gasteiger partial charge >= 0.3 is 0 Å². The van der Waals surface area contributed by atoms with Crippen LogP contribution in [0.5, 0.6) is 0 Å². The van der Waals surface area contributed by atoms with Crippen LogP contribution in [0.4, 0.5) is 0 Å². The molecule has 4 rings (SSSR count). The maximum absolute atomic E-state index is 12.4. The van der Waals surface area contributed by atoms with E-state index in [1.165, 1.54) is 22.5 Å². The summed E-state index contributed by atoms with van der Waals surface area (Å²) in [6.07, 6.45) is 1.90. The zero-order valence-electron chi connectivity index (χ0n) is 14.3. The van der Waals surface area contributed by atoms with E-state index in [4.69, 9.17) is 0 Å². The molecule has 2 aromatic carbocycles. The minimum atomic E-state index is -0.0654. The lowest BCUT2D eigenvalue weighted by Gasteiger charge is -2.16. The Morgan fingerprint density at radius 2 is 1.88 bits per heavy atom. The number of aromatic nitrogens is 3. The SMILES string of the molecule is CC(NC(=O)CSc1nnc2ccccn12)c1cccc2ccccc12. The molecule has 26 heavy (non-hydrogen) atoms. The van der Waals surface area contributed by atoms with Crippen LogP contribution < -0.4 is 5.32 Å². The van der Waals surface area contributed by atoms with Gasteiger partial charge in [0.25, 0.3) is 0 Å². The summed E-state index contributed by atoms with van der Waals surface area (Å²) in [4.78, 5) is 12.4. The third-order valence-electron chi connectivity index (χ3n) is 4.28. The molecule has 0 bridgehead atoms. The highest BCUT2D eigenvalue weighted by Gasteiger charge is 2.14. The predicted molar refractivity (Wildman–Crippen MR) is 104 cm³/mol. The number of fused-ring (bicyclic) bond motifs is 2. The minimum absolute atomic E-state index is 0.0249. The Hall–Kier alpha value is -2.86. The molecule has 0 aliphatic carbocycles. The third-order valence-corrected chi connectivity index (χ3v) is 5.23. The van der Waals surface area contributed by atoms with Crippen LogP contribution in [-0.2, 0) is 4.79 Å². The molecule has 1 unspecified atom stereocenters. The van der Waals surface area contributed by atoms with Crippen molar-refractivity contribution in [2.45, 2.75) is 18.1 Å². The largest absolute Gasteiger partial charge is 0.349 e. The molecule has 1 amide bonds. The summed E-state index contributed by atoms with van der Waals surface area (Å²) in [5.74, 6) is 0.272. The number of carbonyl (C=O) groups is 1. The molecule has 0 aliphatic heterocycles. The number of thioether (sulfide) groups is 1. The van der Waals surface area contributed by atoms with Crippen LogP contribution in [0.25, 0.3) is 16.4 Å². The Balaban J connectivity index is 1.44. The summed E-state index contributed by atoms with van der Waals surface area (Å²) < 4.78 is 1.88. The van der Waals surface area contributed by atoms with Gasteiger partial charge in [-0.1, -0.05) is 60.3 Å². The molecule has 0 saturated heterocycles. The van der Waals surface area contributed by atoms with E-state index in [1.54, 1.807) is 0 Å². The Morgan fingerprint density at radius 3 is 2.81 bits per heavy atom. The quantitative estimate of drug-likeness (QED) is 0.548. The molecule has 0 radical (unpaired) electrons. The van der Waals surface area contributed by atoms with Crippen LogP contribution in [0.2, 0.25) is 0 Å². The van der Waals surface area contributed by atoms with Crippen LogP contribution in [0.3, 0.4) is 0 Å². The Morgan fingerprint density at radius 1 is 1.08 bits per heavy atom. The number of nitrogens with zero attached hydrogens (tertiary/aromatic N) is 3. The van der Waals surface area contributed by atoms with Crippen LogP contribution in [0, 0.1) is 0 Å². The van der Waals surface area contributed by atoms with Gasteiger partial charge in [0.1, 0.15) is 0 Å². The zero-order valence-corrected chi connectivity index (χ0v) is 15.1. The first kappa shape index (κ1) is 16.6. The standard InChI is InChI=1S/C20H18N4OS/c1-14(16-10-6-8-15-7-2-3-9-17(15)16)21-19(25)13-26-20-23-22-18-11-4-5-12-24(18)20/h2-12,14H,13H2,1H3,(H,21,25). The molecule has 1 N–H and O–H groups in total. The number of nitrogens with one attached hydrogen (secondary N) is 1. The highest BCUT2D eigenvalue weighted by molar-refractivity contribution is 7.99. The van der Waals surface area contributed by atoms with Crippen molar-refractivity contribution in [2.24, 2.45) is 0 Å². The third kappa shape index (κ3) is 3.28. The van der Waals surface area contributed by atoms with Gasteiger partial charge in [-0.25, -0.2) is 0 Å². The van der Waals surface area contributed by atoms with Gasteiger partial charge in [-0.15, -0.1) is 10.2 Å². The van der Waals surface area contributed by atoms with Gasteiger partial charge in [-0.2, -0.15) is 0 Å². The first-order chi connectivity index (χ1) is 12.7. The molecule has 4 aromatic rings. The van der Waals surface area contributed by atoms with Crippen molar-refractivity contribution in [3.63, 3.8) is 0 Å². The van der Waals surface area contributed by atoms with Crippen molar-refractivity contribution >= 4 is 34.1 Å². The average molecular weight is 362 g/mol. The fourth-order valence-corrected chi connectivity index (χ4v) is 3.77. The molecule has 0 aliphatic rings. The fourth-order valence-electron chi connectivity index (χ4n) is 3.04. The van der Waals surface area contributed by atoms with Gasteiger partial charge in [-0.05, 0) is 35.4 Å². The number of amides is 1. The van der Waals surface area contributed by atoms with Gasteiger partial charge < -0.3 is 5.32 Å². The molecule has 6 heteroatoms. The average Bonchev–Trinajstić information content (AvgIpc) is 3.09. The Bertz CT molecular complexity index is 1070. The minimum Gasteiger partial charge on any atom is -0.349 e. The molecular formula is C20H18N4OS. The van der Waals surface area contributed by atoms with Crippen molar-refractivity contribution < 1.29 is 4.79 Å². The van der Waals surface area contributed by atoms with Crippen molar-refractivity contribution in [1.82, 2.24) is 19.9 Å². The second-order valence-electron chi connectivity index (χ2n) is 6.06. The highest BCUT2D eigenvalue weighted by atomic mass is 32.2. The van der Waals surface area contributed by atoms with E-state index in [2.05, 4.69) is 39.8 Å². The first-order valence-electron chi connectivity index (χ1n) is 8.42. The summed E-state index contributed by atoms with van der Waals surface area (Å²) in [5.41, 5.74) is 1.90. The smallest absolute Gasteiger partial charge is 0.230 e. The molecule has 5 nitrogen and oxygen atoms in total. The van der Waals surface area contributed by atoms with E-state index in [0.717, 1.165) is 11.2 Å².